The summed E-state index contributed by atoms with van der Waals surface area (Å²) in [5.74, 6) is 3.14. The Morgan fingerprint density at radius 1 is 1.29 bits per heavy atom. The minimum atomic E-state index is 0.128. The Kier molecular flexibility index (Phi) is 2.22. The zero-order chi connectivity index (χ0) is 12.4. The van der Waals surface area contributed by atoms with E-state index >= 15 is 0 Å². The Morgan fingerprint density at radius 2 is 2.00 bits per heavy atom. The average molecular weight is 235 g/mol. The largest absolute Gasteiger partial charge is 0.411 e. The van der Waals surface area contributed by atoms with Crippen LogP contribution >= 0.6 is 0 Å². The molecule has 17 heavy (non-hydrogen) atoms. The summed E-state index contributed by atoms with van der Waals surface area (Å²) in [4.78, 5) is 0. The van der Waals surface area contributed by atoms with Crippen molar-refractivity contribution in [3.63, 3.8) is 0 Å². The monoisotopic (exact) mass is 235 g/mol. The molecule has 0 aromatic rings. The fraction of sp³-hybridized carbons (Fsp3) is 0.933. The second-order valence-electron chi connectivity index (χ2n) is 7.18. The predicted octanol–water partition coefficient (Wildman–Crippen LogP) is 3.94. The Hall–Kier alpha value is -0.530. The van der Waals surface area contributed by atoms with Crippen LogP contribution in [-0.4, -0.2) is 10.9 Å². The second kappa shape index (κ2) is 3.27. The van der Waals surface area contributed by atoms with Crippen molar-refractivity contribution in [3.05, 3.63) is 0 Å². The molecule has 0 heterocycles. The van der Waals surface area contributed by atoms with Gasteiger partial charge in [-0.3, -0.25) is 0 Å². The van der Waals surface area contributed by atoms with Crippen molar-refractivity contribution < 1.29 is 5.21 Å². The van der Waals surface area contributed by atoms with E-state index in [0.29, 0.717) is 11.3 Å². The Bertz CT molecular complexity index is 377. The standard InChI is InChI=1S/C15H25NO/c1-9-10(2)15-6-5-12(8-15)7-13(15)14(9,4)11(3)16-17/h9-10,12-13,17H,5-8H2,1-4H3/b16-11+/t9?,10?,12-,13?,14?,15-/m0/s1. The predicted molar refractivity (Wildman–Crippen MR) is 69.2 cm³/mol. The van der Waals surface area contributed by atoms with Crippen molar-refractivity contribution in [2.24, 2.45) is 39.7 Å². The van der Waals surface area contributed by atoms with E-state index in [9.17, 15) is 5.21 Å². The summed E-state index contributed by atoms with van der Waals surface area (Å²) in [7, 11) is 0. The van der Waals surface area contributed by atoms with Gasteiger partial charge in [-0.25, -0.2) is 0 Å². The Morgan fingerprint density at radius 3 is 2.59 bits per heavy atom. The van der Waals surface area contributed by atoms with E-state index in [0.717, 1.165) is 23.5 Å². The third kappa shape index (κ3) is 1.10. The van der Waals surface area contributed by atoms with Crippen LogP contribution in [0.25, 0.3) is 0 Å². The van der Waals surface area contributed by atoms with Gasteiger partial charge in [-0.15, -0.1) is 0 Å². The first-order chi connectivity index (χ1) is 7.96. The molecule has 2 nitrogen and oxygen atoms in total. The maximum absolute atomic E-state index is 9.24. The van der Waals surface area contributed by atoms with Crippen LogP contribution in [0.2, 0.25) is 0 Å². The lowest BCUT2D eigenvalue weighted by Crippen LogP contribution is -2.38. The summed E-state index contributed by atoms with van der Waals surface area (Å²) in [5.41, 5.74) is 1.67. The maximum Gasteiger partial charge on any atom is 0.0604 e. The molecule has 6 atom stereocenters. The Balaban J connectivity index is 2.09. The molecule has 3 fully saturated rings. The van der Waals surface area contributed by atoms with Crippen LogP contribution in [0.3, 0.4) is 0 Å². The molecule has 0 saturated heterocycles. The van der Waals surface area contributed by atoms with Crippen molar-refractivity contribution in [3.8, 4) is 0 Å². The highest BCUT2D eigenvalue weighted by Gasteiger charge is 2.68. The summed E-state index contributed by atoms with van der Waals surface area (Å²) in [6.45, 7) is 9.19. The highest BCUT2D eigenvalue weighted by molar-refractivity contribution is 5.88. The summed E-state index contributed by atoms with van der Waals surface area (Å²) >= 11 is 0. The van der Waals surface area contributed by atoms with Gasteiger partial charge >= 0.3 is 0 Å². The first-order valence-corrected chi connectivity index (χ1v) is 7.16. The second-order valence-corrected chi connectivity index (χ2v) is 7.18. The fourth-order valence-electron chi connectivity index (χ4n) is 5.90. The molecule has 2 bridgehead atoms. The molecule has 3 aliphatic carbocycles. The number of nitrogens with zero attached hydrogens (tertiary/aromatic N) is 1. The van der Waals surface area contributed by atoms with Gasteiger partial charge in [0.05, 0.1) is 5.71 Å². The van der Waals surface area contributed by atoms with Crippen LogP contribution in [0.4, 0.5) is 0 Å². The SMILES string of the molecule is C/C(=N\O)C1(C)C(C)C(C)[C@@]23CC[C@@H](CC12)C3. The van der Waals surface area contributed by atoms with E-state index in [-0.39, 0.29) is 5.41 Å². The minimum Gasteiger partial charge on any atom is -0.411 e. The number of fused-ring (bicyclic) bond motifs is 1. The van der Waals surface area contributed by atoms with Crippen molar-refractivity contribution in [1.29, 1.82) is 0 Å². The number of rotatable bonds is 1. The third-order valence-corrected chi connectivity index (χ3v) is 7.21. The van der Waals surface area contributed by atoms with Gasteiger partial charge in [0.25, 0.3) is 0 Å². The van der Waals surface area contributed by atoms with E-state index in [1.54, 1.807) is 0 Å². The molecule has 0 aromatic carbocycles. The zero-order valence-electron chi connectivity index (χ0n) is 11.5. The number of hydrogen-bond donors (Lipinski definition) is 1. The van der Waals surface area contributed by atoms with Crippen molar-refractivity contribution in [1.82, 2.24) is 0 Å². The number of hydrogen-bond acceptors (Lipinski definition) is 2. The van der Waals surface area contributed by atoms with Gasteiger partial charge in [0.2, 0.25) is 0 Å². The molecule has 4 unspecified atom stereocenters. The molecular weight excluding hydrogens is 210 g/mol. The van der Waals surface area contributed by atoms with Crippen LogP contribution in [0.15, 0.2) is 5.16 Å². The zero-order valence-corrected chi connectivity index (χ0v) is 11.5. The van der Waals surface area contributed by atoms with Crippen molar-refractivity contribution in [2.75, 3.05) is 0 Å². The molecule has 3 saturated carbocycles. The lowest BCUT2D eigenvalue weighted by Gasteiger charge is -2.39. The van der Waals surface area contributed by atoms with Crippen LogP contribution in [0, 0.1) is 34.5 Å². The average Bonchev–Trinajstić information content (AvgIpc) is 2.96. The molecule has 0 aliphatic heterocycles. The molecule has 3 rings (SSSR count). The summed E-state index contributed by atoms with van der Waals surface area (Å²) in [5, 5.41) is 12.8. The number of oxime groups is 1. The first-order valence-electron chi connectivity index (χ1n) is 7.16. The van der Waals surface area contributed by atoms with Gasteiger partial charge in [-0.05, 0) is 61.7 Å². The van der Waals surface area contributed by atoms with Gasteiger partial charge in [0, 0.05) is 5.41 Å². The smallest absolute Gasteiger partial charge is 0.0604 e. The highest BCUT2D eigenvalue weighted by atomic mass is 16.4. The summed E-state index contributed by atoms with van der Waals surface area (Å²) in [6.07, 6.45) is 5.68. The minimum absolute atomic E-state index is 0.128. The van der Waals surface area contributed by atoms with Crippen LogP contribution in [0.1, 0.15) is 53.4 Å². The van der Waals surface area contributed by atoms with E-state index < -0.39 is 0 Å². The van der Waals surface area contributed by atoms with Gasteiger partial charge in [-0.1, -0.05) is 25.9 Å². The van der Waals surface area contributed by atoms with Gasteiger partial charge < -0.3 is 5.21 Å². The quantitative estimate of drug-likeness (QED) is 0.417. The summed E-state index contributed by atoms with van der Waals surface area (Å²) in [6, 6.07) is 0. The molecule has 2 heteroatoms. The highest BCUT2D eigenvalue weighted by Crippen LogP contribution is 2.74. The maximum atomic E-state index is 9.24. The van der Waals surface area contributed by atoms with Gasteiger partial charge in [0.1, 0.15) is 0 Å². The normalized spacial score (nSPS) is 57.5. The lowest BCUT2D eigenvalue weighted by molar-refractivity contribution is 0.140. The molecule has 1 spiro atoms. The molecule has 3 aliphatic rings. The Labute approximate surface area is 104 Å². The van der Waals surface area contributed by atoms with Gasteiger partial charge in [0.15, 0.2) is 0 Å². The molecule has 96 valence electrons. The molecule has 0 radical (unpaired) electrons. The van der Waals surface area contributed by atoms with Crippen molar-refractivity contribution >= 4 is 5.71 Å². The fourth-order valence-corrected chi connectivity index (χ4v) is 5.90. The molecule has 0 amide bonds. The van der Waals surface area contributed by atoms with E-state index in [2.05, 4.69) is 25.9 Å². The van der Waals surface area contributed by atoms with Crippen LogP contribution in [-0.2, 0) is 0 Å². The van der Waals surface area contributed by atoms with Crippen LogP contribution < -0.4 is 0 Å². The van der Waals surface area contributed by atoms with Crippen LogP contribution in [0.5, 0.6) is 0 Å². The van der Waals surface area contributed by atoms with E-state index in [4.69, 9.17) is 0 Å². The molecule has 0 aromatic heterocycles. The van der Waals surface area contributed by atoms with Crippen molar-refractivity contribution in [2.45, 2.75) is 53.4 Å². The first kappa shape index (κ1) is 11.6. The lowest BCUT2D eigenvalue weighted by atomic mass is 9.65. The third-order valence-electron chi connectivity index (χ3n) is 7.21. The summed E-state index contributed by atoms with van der Waals surface area (Å²) < 4.78 is 0. The van der Waals surface area contributed by atoms with Gasteiger partial charge in [-0.2, -0.15) is 0 Å². The molecular formula is C15H25NO. The molecule has 1 N–H and O–H groups in total. The van der Waals surface area contributed by atoms with E-state index in [1.165, 1.54) is 25.7 Å². The topological polar surface area (TPSA) is 32.6 Å². The van der Waals surface area contributed by atoms with E-state index in [1.807, 2.05) is 6.92 Å².